The van der Waals surface area contributed by atoms with Crippen LogP contribution in [0.15, 0.2) is 58.0 Å². The molecule has 0 atom stereocenters. The van der Waals surface area contributed by atoms with Crippen LogP contribution in [-0.4, -0.2) is 12.8 Å². The van der Waals surface area contributed by atoms with Crippen LogP contribution in [0.5, 0.6) is 5.75 Å². The monoisotopic (exact) mass is 313 g/mol. The number of ether oxygens (including phenoxy) is 1. The Kier molecular flexibility index (Phi) is 4.77. The van der Waals surface area contributed by atoms with Crippen molar-refractivity contribution < 1.29 is 4.74 Å². The summed E-state index contributed by atoms with van der Waals surface area (Å²) in [5.74, 6) is 3.12. The van der Waals surface area contributed by atoms with Crippen LogP contribution in [0.3, 0.4) is 0 Å². The lowest BCUT2D eigenvalue weighted by Gasteiger charge is -2.06. The SMILES string of the molecule is C#CCOc1ccc(Br)cc1N=Cc1ccccc1. The molecule has 2 aromatic carbocycles. The van der Waals surface area contributed by atoms with Gasteiger partial charge in [-0.2, -0.15) is 0 Å². The number of hydrogen-bond acceptors (Lipinski definition) is 2. The molecule has 0 saturated carbocycles. The summed E-state index contributed by atoms with van der Waals surface area (Å²) in [6.45, 7) is 0.232. The summed E-state index contributed by atoms with van der Waals surface area (Å²) in [7, 11) is 0. The minimum Gasteiger partial charge on any atom is -0.479 e. The van der Waals surface area contributed by atoms with Gasteiger partial charge in [-0.1, -0.05) is 52.2 Å². The molecule has 19 heavy (non-hydrogen) atoms. The van der Waals surface area contributed by atoms with E-state index in [1.807, 2.05) is 48.5 Å². The van der Waals surface area contributed by atoms with Crippen LogP contribution in [0.2, 0.25) is 0 Å². The summed E-state index contributed by atoms with van der Waals surface area (Å²) in [6.07, 6.45) is 6.99. The number of rotatable bonds is 4. The van der Waals surface area contributed by atoms with Crippen molar-refractivity contribution in [3.8, 4) is 18.1 Å². The molecular formula is C16H12BrNO. The maximum absolute atomic E-state index is 5.46. The number of nitrogens with zero attached hydrogens (tertiary/aromatic N) is 1. The maximum Gasteiger partial charge on any atom is 0.148 e. The molecule has 0 amide bonds. The molecule has 0 N–H and O–H groups in total. The van der Waals surface area contributed by atoms with Crippen LogP contribution in [0, 0.1) is 12.3 Å². The highest BCUT2D eigenvalue weighted by Gasteiger charge is 2.02. The van der Waals surface area contributed by atoms with Crippen molar-refractivity contribution in [3.63, 3.8) is 0 Å². The van der Waals surface area contributed by atoms with E-state index in [4.69, 9.17) is 11.2 Å². The zero-order valence-electron chi connectivity index (χ0n) is 10.2. The van der Waals surface area contributed by atoms with Crippen LogP contribution < -0.4 is 4.74 Å². The summed E-state index contributed by atoms with van der Waals surface area (Å²) < 4.78 is 6.40. The lowest BCUT2D eigenvalue weighted by molar-refractivity contribution is 0.371. The van der Waals surface area contributed by atoms with Gasteiger partial charge >= 0.3 is 0 Å². The Labute approximate surface area is 121 Å². The van der Waals surface area contributed by atoms with Crippen molar-refractivity contribution in [1.29, 1.82) is 0 Å². The Morgan fingerprint density at radius 2 is 2.00 bits per heavy atom. The molecule has 2 rings (SSSR count). The Morgan fingerprint density at radius 1 is 1.21 bits per heavy atom. The fourth-order valence-corrected chi connectivity index (χ4v) is 1.87. The van der Waals surface area contributed by atoms with Gasteiger partial charge in [0.2, 0.25) is 0 Å². The molecule has 0 aliphatic rings. The normalized spacial score (nSPS) is 10.3. The predicted molar refractivity (Wildman–Crippen MR) is 82.2 cm³/mol. The Hall–Kier alpha value is -2.05. The summed E-state index contributed by atoms with van der Waals surface area (Å²) in [6, 6.07) is 15.5. The molecule has 0 saturated heterocycles. The first-order valence-corrected chi connectivity index (χ1v) is 6.54. The Balaban J connectivity index is 2.25. The molecule has 2 aromatic rings. The van der Waals surface area contributed by atoms with Crippen molar-refractivity contribution in [2.45, 2.75) is 0 Å². The second kappa shape index (κ2) is 6.77. The first kappa shape index (κ1) is 13.4. The first-order chi connectivity index (χ1) is 9.29. The van der Waals surface area contributed by atoms with Crippen molar-refractivity contribution in [2.24, 2.45) is 4.99 Å². The van der Waals surface area contributed by atoms with E-state index in [0.29, 0.717) is 5.75 Å². The predicted octanol–water partition coefficient (Wildman–Crippen LogP) is 4.21. The summed E-state index contributed by atoms with van der Waals surface area (Å²) >= 11 is 3.42. The molecule has 3 heteroatoms. The van der Waals surface area contributed by atoms with Gasteiger partial charge in [0.05, 0.1) is 0 Å². The fourth-order valence-electron chi connectivity index (χ4n) is 1.52. The van der Waals surface area contributed by atoms with Gasteiger partial charge in [0.1, 0.15) is 18.0 Å². The lowest BCUT2D eigenvalue weighted by Crippen LogP contribution is -1.93. The van der Waals surface area contributed by atoms with Gasteiger partial charge in [-0.3, -0.25) is 4.99 Å². The molecule has 0 aliphatic heterocycles. The van der Waals surface area contributed by atoms with E-state index < -0.39 is 0 Å². The molecule has 0 fully saturated rings. The van der Waals surface area contributed by atoms with Gasteiger partial charge in [0, 0.05) is 10.7 Å². The average Bonchev–Trinajstić information content (AvgIpc) is 2.45. The van der Waals surface area contributed by atoms with Crippen LogP contribution in [0.25, 0.3) is 0 Å². The van der Waals surface area contributed by atoms with E-state index >= 15 is 0 Å². The third-order valence-electron chi connectivity index (χ3n) is 2.38. The number of terminal acetylenes is 1. The highest BCUT2D eigenvalue weighted by atomic mass is 79.9. The standard InChI is InChI=1S/C16H12BrNO/c1-2-10-19-16-9-8-14(17)11-15(16)18-12-13-6-4-3-5-7-13/h1,3-9,11-12H,10H2. The number of benzene rings is 2. The van der Waals surface area contributed by atoms with Crippen molar-refractivity contribution >= 4 is 27.8 Å². The molecule has 0 aliphatic carbocycles. The van der Waals surface area contributed by atoms with Crippen molar-refractivity contribution in [1.82, 2.24) is 0 Å². The topological polar surface area (TPSA) is 21.6 Å². The molecule has 0 heterocycles. The zero-order valence-corrected chi connectivity index (χ0v) is 11.8. The van der Waals surface area contributed by atoms with Gasteiger partial charge < -0.3 is 4.74 Å². The second-order valence-corrected chi connectivity index (χ2v) is 4.69. The molecule has 2 nitrogen and oxygen atoms in total. The summed E-state index contributed by atoms with van der Waals surface area (Å²) in [5, 5.41) is 0. The van der Waals surface area contributed by atoms with Crippen LogP contribution in [0.4, 0.5) is 5.69 Å². The van der Waals surface area contributed by atoms with E-state index in [0.717, 1.165) is 15.7 Å². The summed E-state index contributed by atoms with van der Waals surface area (Å²) in [5.41, 5.74) is 1.78. The first-order valence-electron chi connectivity index (χ1n) is 5.74. The van der Waals surface area contributed by atoms with Gasteiger partial charge in [0.25, 0.3) is 0 Å². The second-order valence-electron chi connectivity index (χ2n) is 3.77. The summed E-state index contributed by atoms with van der Waals surface area (Å²) in [4.78, 5) is 4.44. The van der Waals surface area contributed by atoms with Crippen LogP contribution in [0.1, 0.15) is 5.56 Å². The quantitative estimate of drug-likeness (QED) is 0.612. The third-order valence-corrected chi connectivity index (χ3v) is 2.88. The number of aliphatic imine (C=N–C) groups is 1. The lowest BCUT2D eigenvalue weighted by atomic mass is 10.2. The molecule has 0 unspecified atom stereocenters. The zero-order chi connectivity index (χ0) is 13.5. The van der Waals surface area contributed by atoms with Crippen LogP contribution in [-0.2, 0) is 0 Å². The molecule has 94 valence electrons. The Morgan fingerprint density at radius 3 is 2.74 bits per heavy atom. The van der Waals surface area contributed by atoms with E-state index in [1.165, 1.54) is 0 Å². The van der Waals surface area contributed by atoms with E-state index in [-0.39, 0.29) is 6.61 Å². The Bertz CT molecular complexity index is 614. The highest BCUT2D eigenvalue weighted by molar-refractivity contribution is 9.10. The fraction of sp³-hybridized carbons (Fsp3) is 0.0625. The smallest absolute Gasteiger partial charge is 0.148 e. The molecular weight excluding hydrogens is 302 g/mol. The van der Waals surface area contributed by atoms with Gasteiger partial charge in [0.15, 0.2) is 0 Å². The average molecular weight is 314 g/mol. The van der Waals surface area contributed by atoms with Gasteiger partial charge in [-0.25, -0.2) is 0 Å². The number of hydrogen-bond donors (Lipinski definition) is 0. The van der Waals surface area contributed by atoms with Crippen molar-refractivity contribution in [2.75, 3.05) is 6.61 Å². The maximum atomic E-state index is 5.46. The molecule has 0 aromatic heterocycles. The van der Waals surface area contributed by atoms with Gasteiger partial charge in [-0.05, 0) is 23.8 Å². The molecule has 0 spiro atoms. The van der Waals surface area contributed by atoms with E-state index in [9.17, 15) is 0 Å². The largest absolute Gasteiger partial charge is 0.479 e. The van der Waals surface area contributed by atoms with Gasteiger partial charge in [-0.15, -0.1) is 6.42 Å². The minimum atomic E-state index is 0.232. The van der Waals surface area contributed by atoms with Crippen LogP contribution >= 0.6 is 15.9 Å². The molecule has 0 bridgehead atoms. The highest BCUT2D eigenvalue weighted by Crippen LogP contribution is 2.30. The molecule has 0 radical (unpaired) electrons. The van der Waals surface area contributed by atoms with Crippen molar-refractivity contribution in [3.05, 3.63) is 58.6 Å². The minimum absolute atomic E-state index is 0.232. The van der Waals surface area contributed by atoms with E-state index in [2.05, 4.69) is 26.8 Å². The number of halogens is 1. The third kappa shape index (κ3) is 3.97. The van der Waals surface area contributed by atoms with E-state index in [1.54, 1.807) is 6.21 Å².